The van der Waals surface area contributed by atoms with Crippen LogP contribution in [-0.2, 0) is 4.74 Å². The van der Waals surface area contributed by atoms with Crippen LogP contribution in [0.3, 0.4) is 0 Å². The average Bonchev–Trinajstić information content (AvgIpc) is 2.39. The van der Waals surface area contributed by atoms with E-state index in [2.05, 4.69) is 10.6 Å². The molecule has 0 unspecified atom stereocenters. The summed E-state index contributed by atoms with van der Waals surface area (Å²) in [5.41, 5.74) is 0.827. The molecule has 0 fully saturated rings. The van der Waals surface area contributed by atoms with E-state index in [1.54, 1.807) is 19.2 Å². The Morgan fingerprint density at radius 3 is 2.84 bits per heavy atom. The molecule has 0 aromatic heterocycles. The van der Waals surface area contributed by atoms with E-state index in [1.165, 1.54) is 0 Å². The molecule has 0 aliphatic rings. The molecular formula is C13H19ClN2O2S. The zero-order valence-electron chi connectivity index (χ0n) is 11.2. The Labute approximate surface area is 124 Å². The molecule has 0 amide bonds. The maximum Gasteiger partial charge on any atom is 0.170 e. The minimum atomic E-state index is 0.548. The normalized spacial score (nSPS) is 10.1. The van der Waals surface area contributed by atoms with Crippen molar-refractivity contribution in [1.29, 1.82) is 0 Å². The fourth-order valence-corrected chi connectivity index (χ4v) is 1.92. The molecule has 6 heteroatoms. The molecule has 1 rings (SSSR count). The lowest BCUT2D eigenvalue weighted by Gasteiger charge is -2.11. The van der Waals surface area contributed by atoms with Gasteiger partial charge in [-0.1, -0.05) is 11.6 Å². The minimum absolute atomic E-state index is 0.548. The average molecular weight is 303 g/mol. The molecule has 0 aliphatic heterocycles. The molecule has 0 bridgehead atoms. The Bertz CT molecular complexity index is 416. The van der Waals surface area contributed by atoms with Crippen molar-refractivity contribution in [3.05, 3.63) is 23.2 Å². The number of hydrogen-bond acceptors (Lipinski definition) is 3. The third-order valence-electron chi connectivity index (χ3n) is 2.36. The van der Waals surface area contributed by atoms with Crippen molar-refractivity contribution in [3.63, 3.8) is 0 Å². The zero-order valence-corrected chi connectivity index (χ0v) is 12.7. The van der Waals surface area contributed by atoms with Crippen LogP contribution in [0.5, 0.6) is 5.75 Å². The Kier molecular flexibility index (Phi) is 7.55. The molecule has 0 aliphatic carbocycles. The van der Waals surface area contributed by atoms with E-state index in [0.717, 1.165) is 31.9 Å². The maximum absolute atomic E-state index is 6.03. The second kappa shape index (κ2) is 8.96. The number of thiocarbonyl (C=S) groups is 1. The molecule has 106 valence electrons. The van der Waals surface area contributed by atoms with Crippen LogP contribution in [0.1, 0.15) is 13.3 Å². The van der Waals surface area contributed by atoms with Crippen molar-refractivity contribution >= 4 is 34.6 Å². The van der Waals surface area contributed by atoms with Crippen LogP contribution in [-0.4, -0.2) is 32.0 Å². The zero-order chi connectivity index (χ0) is 14.1. The highest BCUT2D eigenvalue weighted by atomic mass is 35.5. The standard InChI is InChI=1S/C13H19ClN2O2S/c1-3-18-8-4-7-15-13(19)16-10-5-6-12(17-2)11(14)9-10/h5-6,9H,3-4,7-8H2,1-2H3,(H2,15,16,19). The van der Waals surface area contributed by atoms with E-state index < -0.39 is 0 Å². The maximum atomic E-state index is 6.03. The molecule has 0 radical (unpaired) electrons. The summed E-state index contributed by atoms with van der Waals surface area (Å²) in [5.74, 6) is 0.641. The monoisotopic (exact) mass is 302 g/mol. The molecule has 0 saturated heterocycles. The highest BCUT2D eigenvalue weighted by Gasteiger charge is 2.03. The van der Waals surface area contributed by atoms with Crippen molar-refractivity contribution < 1.29 is 9.47 Å². The lowest BCUT2D eigenvalue weighted by molar-refractivity contribution is 0.146. The Morgan fingerprint density at radius 1 is 1.42 bits per heavy atom. The number of ether oxygens (including phenoxy) is 2. The molecule has 1 aromatic rings. The van der Waals surface area contributed by atoms with Crippen molar-refractivity contribution in [3.8, 4) is 5.75 Å². The quantitative estimate of drug-likeness (QED) is 0.598. The third-order valence-corrected chi connectivity index (χ3v) is 2.91. The topological polar surface area (TPSA) is 42.5 Å². The van der Waals surface area contributed by atoms with E-state index in [9.17, 15) is 0 Å². The molecule has 0 saturated carbocycles. The van der Waals surface area contributed by atoms with Gasteiger partial charge in [-0.25, -0.2) is 0 Å². The second-order valence-corrected chi connectivity index (χ2v) is 4.60. The predicted octanol–water partition coefficient (Wildman–Crippen LogP) is 3.06. The van der Waals surface area contributed by atoms with E-state index in [-0.39, 0.29) is 0 Å². The van der Waals surface area contributed by atoms with E-state index in [0.29, 0.717) is 15.9 Å². The van der Waals surface area contributed by atoms with E-state index in [4.69, 9.17) is 33.3 Å². The van der Waals surface area contributed by atoms with Crippen LogP contribution >= 0.6 is 23.8 Å². The summed E-state index contributed by atoms with van der Waals surface area (Å²) >= 11 is 11.2. The van der Waals surface area contributed by atoms with Crippen LogP contribution in [0.2, 0.25) is 5.02 Å². The van der Waals surface area contributed by atoms with E-state index in [1.807, 2.05) is 13.0 Å². The highest BCUT2D eigenvalue weighted by molar-refractivity contribution is 7.80. The molecule has 0 spiro atoms. The van der Waals surface area contributed by atoms with Crippen molar-refractivity contribution in [2.45, 2.75) is 13.3 Å². The lowest BCUT2D eigenvalue weighted by atomic mass is 10.3. The van der Waals surface area contributed by atoms with Gasteiger partial charge in [0.05, 0.1) is 12.1 Å². The Balaban J connectivity index is 2.34. The molecule has 2 N–H and O–H groups in total. The van der Waals surface area contributed by atoms with Gasteiger partial charge in [0.25, 0.3) is 0 Å². The van der Waals surface area contributed by atoms with Crippen LogP contribution < -0.4 is 15.4 Å². The SMILES string of the molecule is CCOCCCNC(=S)Nc1ccc(OC)c(Cl)c1. The number of halogens is 1. The van der Waals surface area contributed by atoms with Crippen LogP contribution in [0.15, 0.2) is 18.2 Å². The van der Waals surface area contributed by atoms with Crippen molar-refractivity contribution in [1.82, 2.24) is 5.32 Å². The van der Waals surface area contributed by atoms with E-state index >= 15 is 0 Å². The molecule has 19 heavy (non-hydrogen) atoms. The Morgan fingerprint density at radius 2 is 2.21 bits per heavy atom. The van der Waals surface area contributed by atoms with Gasteiger partial charge in [0.2, 0.25) is 0 Å². The number of benzene rings is 1. The lowest BCUT2D eigenvalue weighted by Crippen LogP contribution is -2.29. The molecule has 1 aromatic carbocycles. The van der Waals surface area contributed by atoms with Crippen molar-refractivity contribution in [2.75, 3.05) is 32.2 Å². The minimum Gasteiger partial charge on any atom is -0.495 e. The van der Waals surface area contributed by atoms with Gasteiger partial charge < -0.3 is 20.1 Å². The summed E-state index contributed by atoms with van der Waals surface area (Å²) in [6.07, 6.45) is 0.916. The summed E-state index contributed by atoms with van der Waals surface area (Å²) in [6, 6.07) is 5.43. The summed E-state index contributed by atoms with van der Waals surface area (Å²) in [6.45, 7) is 4.23. The van der Waals surface area contributed by atoms with Crippen LogP contribution in [0.4, 0.5) is 5.69 Å². The largest absolute Gasteiger partial charge is 0.495 e. The van der Waals surface area contributed by atoms with Gasteiger partial charge in [-0.15, -0.1) is 0 Å². The van der Waals surface area contributed by atoms with Gasteiger partial charge in [0.1, 0.15) is 5.75 Å². The fourth-order valence-electron chi connectivity index (χ4n) is 1.44. The fraction of sp³-hybridized carbons (Fsp3) is 0.462. The van der Waals surface area contributed by atoms with Crippen LogP contribution in [0, 0.1) is 0 Å². The van der Waals surface area contributed by atoms with Gasteiger partial charge >= 0.3 is 0 Å². The first-order valence-corrected chi connectivity index (χ1v) is 6.92. The van der Waals surface area contributed by atoms with Gasteiger partial charge in [0, 0.05) is 25.4 Å². The smallest absolute Gasteiger partial charge is 0.170 e. The van der Waals surface area contributed by atoms with Gasteiger partial charge in [-0.2, -0.15) is 0 Å². The molecular weight excluding hydrogens is 284 g/mol. The summed E-state index contributed by atoms with van der Waals surface area (Å²) < 4.78 is 10.3. The first-order valence-electron chi connectivity index (χ1n) is 6.13. The highest BCUT2D eigenvalue weighted by Crippen LogP contribution is 2.27. The molecule has 4 nitrogen and oxygen atoms in total. The summed E-state index contributed by atoms with van der Waals surface area (Å²) in [4.78, 5) is 0. The summed E-state index contributed by atoms with van der Waals surface area (Å²) in [7, 11) is 1.58. The number of rotatable bonds is 7. The molecule has 0 heterocycles. The summed E-state index contributed by atoms with van der Waals surface area (Å²) in [5, 5.41) is 7.28. The number of methoxy groups -OCH3 is 1. The molecule has 0 atom stereocenters. The second-order valence-electron chi connectivity index (χ2n) is 3.78. The number of nitrogens with one attached hydrogen (secondary N) is 2. The first-order chi connectivity index (χ1) is 9.17. The Hall–Kier alpha value is -1.04. The first kappa shape index (κ1) is 16.0. The predicted molar refractivity (Wildman–Crippen MR) is 83.3 cm³/mol. The number of hydrogen-bond donors (Lipinski definition) is 2. The van der Waals surface area contributed by atoms with Crippen LogP contribution in [0.25, 0.3) is 0 Å². The van der Waals surface area contributed by atoms with Gasteiger partial charge in [0.15, 0.2) is 5.11 Å². The number of anilines is 1. The third kappa shape index (κ3) is 6.09. The van der Waals surface area contributed by atoms with Gasteiger partial charge in [-0.05, 0) is 43.8 Å². The van der Waals surface area contributed by atoms with Gasteiger partial charge in [-0.3, -0.25) is 0 Å². The van der Waals surface area contributed by atoms with Crippen molar-refractivity contribution in [2.24, 2.45) is 0 Å².